The molecule has 128 valence electrons. The van der Waals surface area contributed by atoms with Crippen molar-refractivity contribution in [2.75, 3.05) is 19.7 Å². The van der Waals surface area contributed by atoms with Crippen molar-refractivity contribution in [1.82, 2.24) is 14.9 Å². The highest BCUT2D eigenvalue weighted by Gasteiger charge is 2.29. The van der Waals surface area contributed by atoms with Gasteiger partial charge in [-0.1, -0.05) is 0 Å². The van der Waals surface area contributed by atoms with E-state index in [0.29, 0.717) is 48.3 Å². The summed E-state index contributed by atoms with van der Waals surface area (Å²) in [5, 5.41) is 0. The Balaban J connectivity index is 1.79. The van der Waals surface area contributed by atoms with Crippen molar-refractivity contribution in [2.24, 2.45) is 5.92 Å². The van der Waals surface area contributed by atoms with Crippen LogP contribution in [0, 0.1) is 16.5 Å². The number of benzene rings is 1. The van der Waals surface area contributed by atoms with Crippen molar-refractivity contribution in [2.45, 2.75) is 19.8 Å². The van der Waals surface area contributed by atoms with Gasteiger partial charge in [0.05, 0.1) is 29.1 Å². The Morgan fingerprint density at radius 3 is 2.71 bits per heavy atom. The Labute approximate surface area is 143 Å². The second-order valence-electron chi connectivity index (χ2n) is 5.77. The molecule has 1 aliphatic heterocycles. The Morgan fingerprint density at radius 1 is 1.33 bits per heavy atom. The van der Waals surface area contributed by atoms with Gasteiger partial charge >= 0.3 is 5.97 Å². The number of fused-ring (bicyclic) bond motifs is 1. The first kappa shape index (κ1) is 16.6. The number of nitrogens with one attached hydrogen (secondary N) is 2. The van der Waals surface area contributed by atoms with Gasteiger partial charge in [-0.15, -0.1) is 0 Å². The highest BCUT2D eigenvalue weighted by atomic mass is 32.1. The number of aromatic nitrogens is 2. The number of hydrogen-bond acceptors (Lipinski definition) is 4. The maximum Gasteiger partial charge on any atom is 0.309 e. The topological polar surface area (TPSA) is 78.2 Å². The Hall–Kier alpha value is -2.22. The molecule has 3 rings (SSSR count). The van der Waals surface area contributed by atoms with E-state index in [2.05, 4.69) is 9.97 Å². The van der Waals surface area contributed by atoms with Gasteiger partial charge < -0.3 is 19.6 Å². The van der Waals surface area contributed by atoms with E-state index in [4.69, 9.17) is 17.0 Å². The Bertz CT molecular complexity index is 837. The first-order chi connectivity index (χ1) is 11.5. The summed E-state index contributed by atoms with van der Waals surface area (Å²) in [6.45, 7) is 3.00. The fourth-order valence-electron chi connectivity index (χ4n) is 3.02. The molecule has 0 saturated carbocycles. The van der Waals surface area contributed by atoms with Crippen LogP contribution in [0.5, 0.6) is 0 Å². The Morgan fingerprint density at radius 2 is 2.04 bits per heavy atom. The second kappa shape index (κ2) is 6.72. The van der Waals surface area contributed by atoms with E-state index in [1.165, 1.54) is 12.1 Å². The summed E-state index contributed by atoms with van der Waals surface area (Å²) >= 11 is 5.02. The van der Waals surface area contributed by atoms with Crippen LogP contribution in [0.15, 0.2) is 12.1 Å². The van der Waals surface area contributed by atoms with Crippen LogP contribution in [0.4, 0.5) is 4.39 Å². The number of halogens is 1. The second-order valence-corrected chi connectivity index (χ2v) is 6.18. The van der Waals surface area contributed by atoms with Gasteiger partial charge in [-0.3, -0.25) is 9.59 Å². The SMILES string of the molecule is CCOC(=O)C1CCN(C(=O)c2cc(F)cc3[nH]c(=S)[nH]c23)CC1. The molecule has 0 aliphatic carbocycles. The van der Waals surface area contributed by atoms with Crippen molar-refractivity contribution in [3.05, 3.63) is 28.3 Å². The van der Waals surface area contributed by atoms with Crippen molar-refractivity contribution < 1.29 is 18.7 Å². The zero-order valence-electron chi connectivity index (χ0n) is 13.2. The van der Waals surface area contributed by atoms with Crippen LogP contribution in [-0.4, -0.2) is 46.4 Å². The van der Waals surface area contributed by atoms with Gasteiger partial charge in [-0.05, 0) is 44.1 Å². The largest absolute Gasteiger partial charge is 0.466 e. The minimum absolute atomic E-state index is 0.181. The zero-order valence-corrected chi connectivity index (χ0v) is 14.0. The van der Waals surface area contributed by atoms with E-state index in [9.17, 15) is 14.0 Å². The lowest BCUT2D eigenvalue weighted by atomic mass is 9.96. The van der Waals surface area contributed by atoms with Gasteiger partial charge in [-0.2, -0.15) is 0 Å². The van der Waals surface area contributed by atoms with Crippen LogP contribution >= 0.6 is 12.2 Å². The quantitative estimate of drug-likeness (QED) is 0.658. The molecule has 2 N–H and O–H groups in total. The number of esters is 1. The van der Waals surface area contributed by atoms with Crippen molar-refractivity contribution in [3.8, 4) is 0 Å². The summed E-state index contributed by atoms with van der Waals surface area (Å²) in [4.78, 5) is 31.9. The third kappa shape index (κ3) is 3.19. The minimum atomic E-state index is -0.502. The van der Waals surface area contributed by atoms with Crippen molar-refractivity contribution >= 4 is 35.1 Å². The molecule has 1 aliphatic rings. The monoisotopic (exact) mass is 351 g/mol. The van der Waals surface area contributed by atoms with Gasteiger partial charge in [0, 0.05) is 13.1 Å². The van der Waals surface area contributed by atoms with Gasteiger partial charge in [0.25, 0.3) is 5.91 Å². The van der Waals surface area contributed by atoms with E-state index in [1.54, 1.807) is 11.8 Å². The first-order valence-electron chi connectivity index (χ1n) is 7.87. The normalized spacial score (nSPS) is 15.7. The molecule has 0 bridgehead atoms. The van der Waals surface area contributed by atoms with E-state index >= 15 is 0 Å². The zero-order chi connectivity index (χ0) is 17.3. The van der Waals surface area contributed by atoms with E-state index in [-0.39, 0.29) is 23.4 Å². The molecule has 1 aromatic carbocycles. The average Bonchev–Trinajstić information content (AvgIpc) is 2.93. The minimum Gasteiger partial charge on any atom is -0.466 e. The lowest BCUT2D eigenvalue weighted by Gasteiger charge is -2.31. The molecule has 2 heterocycles. The molecular weight excluding hydrogens is 333 g/mol. The molecule has 0 unspecified atom stereocenters. The fraction of sp³-hybridized carbons (Fsp3) is 0.438. The number of ether oxygens (including phenoxy) is 1. The number of imidazole rings is 1. The molecular formula is C16H18FN3O3S. The van der Waals surface area contributed by atoms with Crippen LogP contribution < -0.4 is 0 Å². The number of carbonyl (C=O) groups is 2. The van der Waals surface area contributed by atoms with Crippen molar-refractivity contribution in [3.63, 3.8) is 0 Å². The first-order valence-corrected chi connectivity index (χ1v) is 8.28. The molecule has 0 spiro atoms. The number of rotatable bonds is 3. The van der Waals surface area contributed by atoms with Crippen LogP contribution in [-0.2, 0) is 9.53 Å². The molecule has 0 atom stereocenters. The molecule has 0 radical (unpaired) electrons. The number of aromatic amines is 2. The molecule has 24 heavy (non-hydrogen) atoms. The number of carbonyl (C=O) groups excluding carboxylic acids is 2. The fourth-order valence-corrected chi connectivity index (χ4v) is 3.24. The van der Waals surface area contributed by atoms with Crippen LogP contribution in [0.2, 0.25) is 0 Å². The lowest BCUT2D eigenvalue weighted by molar-refractivity contribution is -0.149. The molecule has 8 heteroatoms. The highest BCUT2D eigenvalue weighted by Crippen LogP contribution is 2.24. The number of hydrogen-bond donors (Lipinski definition) is 2. The van der Waals surface area contributed by atoms with Gasteiger partial charge in [0.2, 0.25) is 0 Å². The molecule has 1 saturated heterocycles. The summed E-state index contributed by atoms with van der Waals surface area (Å²) in [7, 11) is 0. The van der Waals surface area contributed by atoms with Crippen molar-refractivity contribution in [1.29, 1.82) is 0 Å². The van der Waals surface area contributed by atoms with E-state index in [0.717, 1.165) is 0 Å². The third-order valence-corrected chi connectivity index (χ3v) is 4.43. The predicted molar refractivity (Wildman–Crippen MR) is 88.7 cm³/mol. The van der Waals surface area contributed by atoms with Crippen LogP contribution in [0.3, 0.4) is 0 Å². The molecule has 1 amide bonds. The average molecular weight is 351 g/mol. The van der Waals surface area contributed by atoms with Gasteiger partial charge in [0.1, 0.15) is 5.82 Å². The highest BCUT2D eigenvalue weighted by molar-refractivity contribution is 7.71. The molecule has 1 fully saturated rings. The van der Waals surface area contributed by atoms with Crippen LogP contribution in [0.25, 0.3) is 11.0 Å². The van der Waals surface area contributed by atoms with E-state index in [1.807, 2.05) is 0 Å². The summed E-state index contributed by atoms with van der Waals surface area (Å²) in [6, 6.07) is 2.51. The number of piperidine rings is 1. The maximum atomic E-state index is 13.8. The third-order valence-electron chi connectivity index (χ3n) is 4.22. The molecule has 6 nitrogen and oxygen atoms in total. The van der Waals surface area contributed by atoms with Crippen LogP contribution in [0.1, 0.15) is 30.1 Å². The standard InChI is InChI=1S/C16H18FN3O3S/c1-2-23-15(22)9-3-5-20(6-4-9)14(21)11-7-10(17)8-12-13(11)19-16(24)18-12/h7-9H,2-6H2,1H3,(H2,18,19,24). The number of nitrogens with zero attached hydrogens (tertiary/aromatic N) is 1. The molecule has 2 aromatic rings. The smallest absolute Gasteiger partial charge is 0.309 e. The van der Waals surface area contributed by atoms with E-state index < -0.39 is 5.82 Å². The number of H-pyrrole nitrogens is 2. The summed E-state index contributed by atoms with van der Waals surface area (Å²) in [6.07, 6.45) is 1.10. The maximum absolute atomic E-state index is 13.8. The summed E-state index contributed by atoms with van der Waals surface area (Å²) in [5.74, 6) is -1.17. The summed E-state index contributed by atoms with van der Waals surface area (Å²) in [5.41, 5.74) is 1.20. The Kier molecular flexibility index (Phi) is 4.66. The lowest BCUT2D eigenvalue weighted by Crippen LogP contribution is -2.40. The summed E-state index contributed by atoms with van der Waals surface area (Å²) < 4.78 is 19.2. The molecule has 1 aromatic heterocycles. The predicted octanol–water partition coefficient (Wildman–Crippen LogP) is 2.78. The van der Waals surface area contributed by atoms with Gasteiger partial charge in [0.15, 0.2) is 4.77 Å². The number of likely N-dealkylation sites (tertiary alicyclic amines) is 1. The number of amides is 1. The van der Waals surface area contributed by atoms with Gasteiger partial charge in [-0.25, -0.2) is 4.39 Å².